The maximum Gasteiger partial charge on any atom is 0.339 e. The van der Waals surface area contributed by atoms with Crippen LogP contribution in [-0.2, 0) is 4.74 Å². The number of esters is 1. The molecule has 0 unspecified atom stereocenters. The van der Waals surface area contributed by atoms with E-state index >= 15 is 0 Å². The van der Waals surface area contributed by atoms with Gasteiger partial charge in [-0.3, -0.25) is 0 Å². The second-order valence-corrected chi connectivity index (χ2v) is 6.86. The number of aromatic carboxylic acids is 1. The topological polar surface area (TPSA) is 63.6 Å². The Kier molecular flexibility index (Phi) is 12.7. The maximum atomic E-state index is 12.0. The predicted molar refractivity (Wildman–Crippen MR) is 109 cm³/mol. The lowest BCUT2D eigenvalue weighted by molar-refractivity contribution is 0.0487. The molecule has 0 fully saturated rings. The number of unbranched alkanes of at least 4 members (excludes halogenated alkanes) is 9. The van der Waals surface area contributed by atoms with E-state index in [1.807, 2.05) is 0 Å². The Bertz CT molecular complexity index is 577. The standard InChI is InChI=1S/C23H34O4/c1-2-3-4-5-6-7-8-9-10-11-12-13-16-19-27-23(26)21-18-15-14-17-20(21)22(24)25/h6-7,14-15,17-18H,2-5,8-13,16,19H2,1H3,(H,24,25)/b7-6+. The number of carboxylic acid groups (broad SMARTS) is 1. The number of carbonyl (C=O) groups excluding carboxylic acids is 1. The van der Waals surface area contributed by atoms with Gasteiger partial charge >= 0.3 is 11.9 Å². The number of carbonyl (C=O) groups is 2. The van der Waals surface area contributed by atoms with Crippen molar-refractivity contribution < 1.29 is 19.4 Å². The van der Waals surface area contributed by atoms with Gasteiger partial charge in [-0.1, -0.05) is 69.7 Å². The van der Waals surface area contributed by atoms with Crippen LogP contribution in [0.3, 0.4) is 0 Å². The molecule has 0 aliphatic rings. The number of carboxylic acids is 1. The van der Waals surface area contributed by atoms with Crippen LogP contribution in [0.25, 0.3) is 0 Å². The van der Waals surface area contributed by atoms with Gasteiger partial charge in [0.1, 0.15) is 0 Å². The molecule has 0 amide bonds. The third-order valence-corrected chi connectivity index (χ3v) is 4.52. The van der Waals surface area contributed by atoms with Gasteiger partial charge < -0.3 is 9.84 Å². The minimum absolute atomic E-state index is 0.0121. The molecule has 0 heterocycles. The number of hydrogen-bond acceptors (Lipinski definition) is 3. The molecule has 0 atom stereocenters. The first-order chi connectivity index (χ1) is 13.2. The number of benzene rings is 1. The zero-order valence-electron chi connectivity index (χ0n) is 16.6. The third kappa shape index (κ3) is 10.6. The fourth-order valence-electron chi connectivity index (χ4n) is 2.91. The molecule has 0 aliphatic heterocycles. The van der Waals surface area contributed by atoms with Crippen LogP contribution in [-0.4, -0.2) is 23.7 Å². The monoisotopic (exact) mass is 374 g/mol. The Balaban J connectivity index is 2.02. The van der Waals surface area contributed by atoms with Crippen LogP contribution < -0.4 is 0 Å². The average molecular weight is 375 g/mol. The summed E-state index contributed by atoms with van der Waals surface area (Å²) < 4.78 is 5.21. The van der Waals surface area contributed by atoms with Gasteiger partial charge in [-0.2, -0.15) is 0 Å². The smallest absolute Gasteiger partial charge is 0.339 e. The first-order valence-electron chi connectivity index (χ1n) is 10.3. The summed E-state index contributed by atoms with van der Waals surface area (Å²) in [6.45, 7) is 2.57. The van der Waals surface area contributed by atoms with E-state index in [1.165, 1.54) is 63.5 Å². The van der Waals surface area contributed by atoms with E-state index in [2.05, 4.69) is 19.1 Å². The molecule has 0 spiro atoms. The highest BCUT2D eigenvalue weighted by molar-refractivity contribution is 6.02. The molecule has 0 saturated heterocycles. The predicted octanol–water partition coefficient (Wildman–Crippen LogP) is 6.41. The lowest BCUT2D eigenvalue weighted by Gasteiger charge is -2.07. The Morgan fingerprint density at radius 3 is 2.04 bits per heavy atom. The second-order valence-electron chi connectivity index (χ2n) is 6.86. The molecule has 27 heavy (non-hydrogen) atoms. The molecule has 0 aromatic heterocycles. The molecule has 1 aromatic carbocycles. The van der Waals surface area contributed by atoms with Crippen LogP contribution in [0.15, 0.2) is 36.4 Å². The van der Waals surface area contributed by atoms with Gasteiger partial charge in [-0.15, -0.1) is 0 Å². The van der Waals surface area contributed by atoms with Crippen molar-refractivity contribution in [2.24, 2.45) is 0 Å². The normalized spacial score (nSPS) is 11.0. The van der Waals surface area contributed by atoms with Gasteiger partial charge in [-0.05, 0) is 44.2 Å². The van der Waals surface area contributed by atoms with Gasteiger partial charge in [0.25, 0.3) is 0 Å². The zero-order valence-corrected chi connectivity index (χ0v) is 16.6. The SMILES string of the molecule is CCCCC/C=C/CCCCCCCCOC(=O)c1ccccc1C(=O)O. The fraction of sp³-hybridized carbons (Fsp3) is 0.565. The van der Waals surface area contributed by atoms with Gasteiger partial charge in [0, 0.05) is 0 Å². The van der Waals surface area contributed by atoms with Crippen molar-refractivity contribution >= 4 is 11.9 Å². The van der Waals surface area contributed by atoms with Crippen molar-refractivity contribution in [1.82, 2.24) is 0 Å². The van der Waals surface area contributed by atoms with Crippen molar-refractivity contribution in [3.63, 3.8) is 0 Å². The van der Waals surface area contributed by atoms with E-state index in [4.69, 9.17) is 9.84 Å². The van der Waals surface area contributed by atoms with Gasteiger partial charge in [0.05, 0.1) is 17.7 Å². The lowest BCUT2D eigenvalue weighted by Crippen LogP contribution is -2.12. The molecule has 0 saturated carbocycles. The summed E-state index contributed by atoms with van der Waals surface area (Å²) in [5.74, 6) is -1.67. The summed E-state index contributed by atoms with van der Waals surface area (Å²) in [7, 11) is 0. The van der Waals surface area contributed by atoms with Crippen molar-refractivity contribution in [3.05, 3.63) is 47.5 Å². The van der Waals surface area contributed by atoms with Crippen LogP contribution >= 0.6 is 0 Å². The summed E-state index contributed by atoms with van der Waals surface area (Å²) >= 11 is 0. The Hall–Kier alpha value is -2.10. The van der Waals surface area contributed by atoms with Gasteiger partial charge in [-0.25, -0.2) is 9.59 Å². The second kappa shape index (κ2) is 15.0. The molecule has 4 heteroatoms. The summed E-state index contributed by atoms with van der Waals surface area (Å²) in [5.41, 5.74) is 0.106. The number of rotatable bonds is 15. The minimum Gasteiger partial charge on any atom is -0.478 e. The summed E-state index contributed by atoms with van der Waals surface area (Å²) in [6, 6.07) is 6.15. The molecule has 1 aromatic rings. The van der Waals surface area contributed by atoms with E-state index < -0.39 is 11.9 Å². The molecule has 150 valence electrons. The molecule has 4 nitrogen and oxygen atoms in total. The Labute approximate surface area is 163 Å². The van der Waals surface area contributed by atoms with Crippen LogP contribution in [0.1, 0.15) is 98.3 Å². The quantitative estimate of drug-likeness (QED) is 0.219. The van der Waals surface area contributed by atoms with Crippen LogP contribution in [0, 0.1) is 0 Å². The molecule has 0 bridgehead atoms. The van der Waals surface area contributed by atoms with Crippen molar-refractivity contribution in [1.29, 1.82) is 0 Å². The number of allylic oxidation sites excluding steroid dienone is 2. The summed E-state index contributed by atoms with van der Waals surface area (Å²) in [4.78, 5) is 23.1. The fourth-order valence-corrected chi connectivity index (χ4v) is 2.91. The van der Waals surface area contributed by atoms with Gasteiger partial charge in [0.2, 0.25) is 0 Å². The van der Waals surface area contributed by atoms with Crippen LogP contribution in [0.4, 0.5) is 0 Å². The molecule has 0 aliphatic carbocycles. The molecular formula is C23H34O4. The maximum absolute atomic E-state index is 12.0. The van der Waals surface area contributed by atoms with Gasteiger partial charge in [0.15, 0.2) is 0 Å². The molecular weight excluding hydrogens is 340 g/mol. The first-order valence-corrected chi connectivity index (χ1v) is 10.3. The largest absolute Gasteiger partial charge is 0.478 e. The van der Waals surface area contributed by atoms with Crippen molar-refractivity contribution in [2.75, 3.05) is 6.61 Å². The lowest BCUT2D eigenvalue weighted by atomic mass is 10.1. The average Bonchev–Trinajstić information content (AvgIpc) is 2.68. The summed E-state index contributed by atoms with van der Waals surface area (Å²) in [6.07, 6.45) is 17.6. The van der Waals surface area contributed by atoms with Crippen LogP contribution in [0.2, 0.25) is 0 Å². The highest BCUT2D eigenvalue weighted by Gasteiger charge is 2.16. The number of hydrogen-bond donors (Lipinski definition) is 1. The van der Waals surface area contributed by atoms with E-state index in [9.17, 15) is 9.59 Å². The minimum atomic E-state index is -1.11. The first kappa shape index (κ1) is 22.9. The van der Waals surface area contributed by atoms with E-state index in [1.54, 1.807) is 12.1 Å². The van der Waals surface area contributed by atoms with Crippen molar-refractivity contribution in [2.45, 2.75) is 77.6 Å². The Morgan fingerprint density at radius 2 is 1.41 bits per heavy atom. The Morgan fingerprint density at radius 1 is 0.852 bits per heavy atom. The van der Waals surface area contributed by atoms with E-state index in [0.717, 1.165) is 19.3 Å². The van der Waals surface area contributed by atoms with Crippen LogP contribution in [0.5, 0.6) is 0 Å². The zero-order chi connectivity index (χ0) is 19.7. The summed E-state index contributed by atoms with van der Waals surface area (Å²) in [5, 5.41) is 9.10. The molecule has 1 rings (SSSR count). The number of ether oxygens (including phenoxy) is 1. The van der Waals surface area contributed by atoms with E-state index in [-0.39, 0.29) is 11.1 Å². The molecule has 1 N–H and O–H groups in total. The highest BCUT2D eigenvalue weighted by atomic mass is 16.5. The van der Waals surface area contributed by atoms with Crippen molar-refractivity contribution in [3.8, 4) is 0 Å². The highest BCUT2D eigenvalue weighted by Crippen LogP contribution is 2.12. The van der Waals surface area contributed by atoms with E-state index in [0.29, 0.717) is 6.61 Å². The molecule has 0 radical (unpaired) electrons. The third-order valence-electron chi connectivity index (χ3n) is 4.52.